The van der Waals surface area contributed by atoms with Crippen LogP contribution in [0.1, 0.15) is 36.5 Å². The fourth-order valence-corrected chi connectivity index (χ4v) is 4.92. The van der Waals surface area contributed by atoms with Gasteiger partial charge in [0.25, 0.3) is 0 Å². The fraction of sp³-hybridized carbons (Fsp3) is 0.550. The van der Waals surface area contributed by atoms with Gasteiger partial charge in [0, 0.05) is 37.4 Å². The third-order valence-electron chi connectivity index (χ3n) is 6.92. The topological polar surface area (TPSA) is 78.7 Å². The van der Waals surface area contributed by atoms with E-state index >= 15 is 0 Å². The highest BCUT2D eigenvalue weighted by atomic mass is 19.1. The molecule has 1 saturated heterocycles. The van der Waals surface area contributed by atoms with E-state index < -0.39 is 17.2 Å². The third-order valence-corrected chi connectivity index (χ3v) is 6.92. The average molecular weight is 386 g/mol. The van der Waals surface area contributed by atoms with Gasteiger partial charge in [0.05, 0.1) is 5.39 Å². The summed E-state index contributed by atoms with van der Waals surface area (Å²) in [5.74, 6) is -0.950. The van der Waals surface area contributed by atoms with Gasteiger partial charge in [-0.3, -0.25) is 4.79 Å². The van der Waals surface area contributed by atoms with Gasteiger partial charge >= 0.3 is 5.97 Å². The summed E-state index contributed by atoms with van der Waals surface area (Å²) >= 11 is 0. The first-order valence-corrected chi connectivity index (χ1v) is 9.74. The van der Waals surface area contributed by atoms with Crippen LogP contribution in [0.2, 0.25) is 0 Å². The highest BCUT2D eigenvalue weighted by molar-refractivity contribution is 5.92. The number of aromatic carboxylic acids is 1. The number of aromatic nitrogens is 2. The maximum absolute atomic E-state index is 15.0. The number of anilines is 1. The van der Waals surface area contributed by atoms with Crippen LogP contribution in [0.3, 0.4) is 0 Å². The molecule has 0 radical (unpaired) electrons. The fourth-order valence-electron chi connectivity index (χ4n) is 4.92. The standard InChI is InChI=1S/C20H23FN4O3/c1-11-9-24(4-3-23(11)2)18-15(21)5-13-16(26)14(19(27)28)10-25(17(13)22-18)20-6-12(7-20)8-20/h5,10-12H,3-4,6-9H2,1-2H3,(H,27,28). The molecule has 8 heteroatoms. The number of pyridine rings is 2. The highest BCUT2D eigenvalue weighted by Crippen LogP contribution is 2.62. The van der Waals surface area contributed by atoms with Crippen molar-refractivity contribution in [2.45, 2.75) is 37.8 Å². The molecule has 0 aromatic carbocycles. The summed E-state index contributed by atoms with van der Waals surface area (Å²) in [5.41, 5.74) is -0.760. The average Bonchev–Trinajstić information content (AvgIpc) is 2.56. The number of nitrogens with zero attached hydrogens (tertiary/aromatic N) is 4. The number of rotatable bonds is 3. The van der Waals surface area contributed by atoms with Crippen molar-refractivity contribution in [3.63, 3.8) is 0 Å². The van der Waals surface area contributed by atoms with E-state index in [0.717, 1.165) is 25.8 Å². The number of carboxylic acids is 1. The Balaban J connectivity index is 1.70. The summed E-state index contributed by atoms with van der Waals surface area (Å²) in [6.07, 6.45) is 4.31. The maximum Gasteiger partial charge on any atom is 0.341 e. The van der Waals surface area contributed by atoms with E-state index in [1.165, 1.54) is 12.3 Å². The summed E-state index contributed by atoms with van der Waals surface area (Å²) < 4.78 is 16.8. The number of hydrogen-bond donors (Lipinski definition) is 1. The van der Waals surface area contributed by atoms with E-state index in [0.29, 0.717) is 24.7 Å². The summed E-state index contributed by atoms with van der Waals surface area (Å²) in [7, 11) is 2.04. The van der Waals surface area contributed by atoms with E-state index in [1.807, 2.05) is 16.5 Å². The van der Waals surface area contributed by atoms with Gasteiger partial charge in [-0.05, 0) is 45.2 Å². The van der Waals surface area contributed by atoms with Gasteiger partial charge in [0.15, 0.2) is 11.6 Å². The molecule has 148 valence electrons. The van der Waals surface area contributed by atoms with E-state index in [-0.39, 0.29) is 28.3 Å². The molecule has 3 aliphatic carbocycles. The summed E-state index contributed by atoms with van der Waals surface area (Å²) in [6.45, 7) is 4.19. The van der Waals surface area contributed by atoms with Crippen molar-refractivity contribution < 1.29 is 14.3 Å². The Morgan fingerprint density at radius 1 is 1.32 bits per heavy atom. The van der Waals surface area contributed by atoms with Gasteiger partial charge in [0.1, 0.15) is 11.2 Å². The normalized spacial score (nSPS) is 29.5. The second-order valence-corrected chi connectivity index (χ2v) is 8.69. The molecule has 4 fully saturated rings. The van der Waals surface area contributed by atoms with Crippen LogP contribution in [-0.4, -0.2) is 58.3 Å². The van der Waals surface area contributed by atoms with Gasteiger partial charge in [-0.15, -0.1) is 0 Å². The first-order chi connectivity index (χ1) is 13.3. The molecule has 1 N–H and O–H groups in total. The summed E-state index contributed by atoms with van der Waals surface area (Å²) in [6, 6.07) is 1.44. The molecule has 2 aromatic rings. The molecule has 1 aliphatic heterocycles. The van der Waals surface area contributed by atoms with Crippen molar-refractivity contribution in [2.75, 3.05) is 31.6 Å². The molecule has 1 unspecified atom stereocenters. The predicted molar refractivity (Wildman–Crippen MR) is 103 cm³/mol. The van der Waals surface area contributed by atoms with Crippen molar-refractivity contribution in [3.05, 3.63) is 33.9 Å². The number of hydrogen-bond acceptors (Lipinski definition) is 5. The van der Waals surface area contributed by atoms with E-state index in [9.17, 15) is 19.1 Å². The smallest absolute Gasteiger partial charge is 0.341 e. The molecular formula is C20H23FN4O3. The van der Waals surface area contributed by atoms with E-state index in [2.05, 4.69) is 16.8 Å². The number of piperazine rings is 1. The minimum absolute atomic E-state index is 0.0491. The second-order valence-electron chi connectivity index (χ2n) is 8.69. The molecule has 1 atom stereocenters. The van der Waals surface area contributed by atoms with Crippen LogP contribution in [0.4, 0.5) is 10.2 Å². The molecule has 2 aromatic heterocycles. The lowest BCUT2D eigenvalue weighted by Gasteiger charge is -2.62. The van der Waals surface area contributed by atoms with Crippen LogP contribution in [0.25, 0.3) is 11.0 Å². The quantitative estimate of drug-likeness (QED) is 0.868. The molecule has 6 rings (SSSR count). The SMILES string of the molecule is CC1CN(c2nc3c(cc2F)c(=O)c(C(=O)O)cn3C23CC(C2)C3)CCN1C. The zero-order valence-electron chi connectivity index (χ0n) is 16.0. The van der Waals surface area contributed by atoms with Crippen molar-refractivity contribution in [1.29, 1.82) is 0 Å². The second kappa shape index (κ2) is 5.76. The molecular weight excluding hydrogens is 363 g/mol. The third kappa shape index (κ3) is 2.33. The Kier molecular flexibility index (Phi) is 3.62. The van der Waals surface area contributed by atoms with Gasteiger partial charge < -0.3 is 19.5 Å². The lowest BCUT2D eigenvalue weighted by atomic mass is 9.49. The largest absolute Gasteiger partial charge is 0.477 e. The minimum Gasteiger partial charge on any atom is -0.477 e. The Morgan fingerprint density at radius 3 is 2.61 bits per heavy atom. The number of carbonyl (C=O) groups is 1. The van der Waals surface area contributed by atoms with Crippen LogP contribution in [0.5, 0.6) is 0 Å². The first-order valence-electron chi connectivity index (χ1n) is 9.74. The lowest BCUT2D eigenvalue weighted by molar-refractivity contribution is -0.0864. The zero-order chi connectivity index (χ0) is 19.8. The molecule has 0 spiro atoms. The molecule has 2 bridgehead atoms. The Morgan fingerprint density at radius 2 is 2.04 bits per heavy atom. The van der Waals surface area contributed by atoms with Crippen molar-refractivity contribution in [3.8, 4) is 0 Å². The van der Waals surface area contributed by atoms with Crippen LogP contribution in [0, 0.1) is 11.7 Å². The highest BCUT2D eigenvalue weighted by Gasteiger charge is 2.58. The van der Waals surface area contributed by atoms with Gasteiger partial charge in [0.2, 0.25) is 5.43 Å². The Labute approximate surface area is 161 Å². The van der Waals surface area contributed by atoms with Crippen LogP contribution in [0.15, 0.2) is 17.1 Å². The monoisotopic (exact) mass is 386 g/mol. The first kappa shape index (κ1) is 17.6. The van der Waals surface area contributed by atoms with Crippen molar-refractivity contribution >= 4 is 22.8 Å². The molecule has 3 heterocycles. The number of likely N-dealkylation sites (N-methyl/N-ethyl adjacent to an activating group) is 1. The number of fused-ring (bicyclic) bond motifs is 1. The van der Waals surface area contributed by atoms with Crippen molar-refractivity contribution in [2.24, 2.45) is 5.92 Å². The molecule has 4 aliphatic rings. The van der Waals surface area contributed by atoms with Gasteiger partial charge in [-0.1, -0.05) is 0 Å². The number of carboxylic acid groups (broad SMARTS) is 1. The van der Waals surface area contributed by atoms with E-state index in [4.69, 9.17) is 0 Å². The Hall–Kier alpha value is -2.48. The van der Waals surface area contributed by atoms with Gasteiger partial charge in [-0.25, -0.2) is 14.2 Å². The van der Waals surface area contributed by atoms with Crippen LogP contribution in [-0.2, 0) is 5.54 Å². The predicted octanol–water partition coefficient (Wildman–Crippen LogP) is 1.88. The molecule has 0 amide bonds. The summed E-state index contributed by atoms with van der Waals surface area (Å²) in [5, 5.41) is 9.51. The summed E-state index contributed by atoms with van der Waals surface area (Å²) in [4.78, 5) is 33.0. The van der Waals surface area contributed by atoms with Gasteiger partial charge in [-0.2, -0.15) is 0 Å². The Bertz CT molecular complexity index is 1050. The number of halogens is 1. The molecule has 28 heavy (non-hydrogen) atoms. The van der Waals surface area contributed by atoms with Crippen LogP contribution < -0.4 is 10.3 Å². The molecule has 3 saturated carbocycles. The lowest BCUT2D eigenvalue weighted by Crippen LogP contribution is -2.59. The van der Waals surface area contributed by atoms with Crippen LogP contribution >= 0.6 is 0 Å². The molecule has 7 nitrogen and oxygen atoms in total. The van der Waals surface area contributed by atoms with E-state index in [1.54, 1.807) is 0 Å². The zero-order valence-corrected chi connectivity index (χ0v) is 16.0. The minimum atomic E-state index is -1.29. The van der Waals surface area contributed by atoms with Crippen molar-refractivity contribution in [1.82, 2.24) is 14.5 Å². The maximum atomic E-state index is 15.0.